The zero-order valence-corrected chi connectivity index (χ0v) is 10.8. The van der Waals surface area contributed by atoms with E-state index in [2.05, 4.69) is 26.1 Å². The van der Waals surface area contributed by atoms with Gasteiger partial charge in [0.15, 0.2) is 11.5 Å². The molecular weight excluding hydrogens is 202 g/mol. The molecule has 0 aliphatic rings. The Hall–Kier alpha value is -1.22. The number of nitrogens with one attached hydrogen (secondary N) is 1. The van der Waals surface area contributed by atoms with Gasteiger partial charge in [0, 0.05) is 12.1 Å². The highest BCUT2D eigenvalue weighted by Crippen LogP contribution is 2.27. The summed E-state index contributed by atoms with van der Waals surface area (Å²) in [6, 6.07) is 5.97. The van der Waals surface area contributed by atoms with E-state index in [9.17, 15) is 0 Å². The summed E-state index contributed by atoms with van der Waals surface area (Å²) in [5.74, 6) is 1.54. The highest BCUT2D eigenvalue weighted by atomic mass is 16.5. The minimum atomic E-state index is 0.118. The minimum absolute atomic E-state index is 0.118. The minimum Gasteiger partial charge on any atom is -0.493 e. The normalized spacial score (nSPS) is 11.3. The smallest absolute Gasteiger partial charge is 0.161 e. The van der Waals surface area contributed by atoms with Crippen LogP contribution in [0.15, 0.2) is 18.2 Å². The number of ether oxygens (including phenoxy) is 2. The SMILES string of the molecule is COc1ccc(CNC(C)(C)C)cc1OC. The molecule has 0 atom stereocenters. The van der Waals surface area contributed by atoms with Crippen LogP contribution in [0.25, 0.3) is 0 Å². The zero-order chi connectivity index (χ0) is 12.2. The Balaban J connectivity index is 2.75. The third-order valence-electron chi connectivity index (χ3n) is 2.27. The molecule has 0 saturated heterocycles. The van der Waals surface area contributed by atoms with Crippen LogP contribution in [0.2, 0.25) is 0 Å². The summed E-state index contributed by atoms with van der Waals surface area (Å²) in [6.07, 6.45) is 0. The van der Waals surface area contributed by atoms with E-state index in [-0.39, 0.29) is 5.54 Å². The van der Waals surface area contributed by atoms with Gasteiger partial charge in [0.2, 0.25) is 0 Å². The average Bonchev–Trinajstić information content (AvgIpc) is 2.25. The molecule has 0 aromatic heterocycles. The second-order valence-electron chi connectivity index (χ2n) is 4.79. The molecule has 90 valence electrons. The van der Waals surface area contributed by atoms with Crippen molar-refractivity contribution in [2.45, 2.75) is 32.9 Å². The maximum Gasteiger partial charge on any atom is 0.161 e. The maximum atomic E-state index is 5.26. The van der Waals surface area contributed by atoms with Crippen molar-refractivity contribution < 1.29 is 9.47 Å². The number of benzene rings is 1. The Bertz CT molecular complexity index is 342. The lowest BCUT2D eigenvalue weighted by Crippen LogP contribution is -2.35. The van der Waals surface area contributed by atoms with Gasteiger partial charge in [0.1, 0.15) is 0 Å². The summed E-state index contributed by atoms with van der Waals surface area (Å²) in [4.78, 5) is 0. The summed E-state index contributed by atoms with van der Waals surface area (Å²) in [5.41, 5.74) is 1.31. The van der Waals surface area contributed by atoms with E-state index < -0.39 is 0 Å². The summed E-state index contributed by atoms with van der Waals surface area (Å²) in [7, 11) is 3.30. The van der Waals surface area contributed by atoms with Crippen molar-refractivity contribution in [2.75, 3.05) is 14.2 Å². The molecule has 0 spiro atoms. The van der Waals surface area contributed by atoms with Crippen molar-refractivity contribution in [3.63, 3.8) is 0 Å². The fourth-order valence-electron chi connectivity index (χ4n) is 1.36. The predicted octanol–water partition coefficient (Wildman–Crippen LogP) is 2.59. The van der Waals surface area contributed by atoms with Crippen LogP contribution in [0.3, 0.4) is 0 Å². The topological polar surface area (TPSA) is 30.5 Å². The molecule has 0 unspecified atom stereocenters. The first kappa shape index (κ1) is 12.8. The van der Waals surface area contributed by atoms with E-state index in [0.717, 1.165) is 18.0 Å². The van der Waals surface area contributed by atoms with Crippen molar-refractivity contribution in [3.05, 3.63) is 23.8 Å². The molecule has 1 N–H and O–H groups in total. The maximum absolute atomic E-state index is 5.26. The second-order valence-corrected chi connectivity index (χ2v) is 4.79. The first-order valence-corrected chi connectivity index (χ1v) is 5.42. The Labute approximate surface area is 97.8 Å². The molecule has 0 aliphatic heterocycles. The second kappa shape index (κ2) is 5.21. The van der Waals surface area contributed by atoms with Crippen molar-refractivity contribution in [2.24, 2.45) is 0 Å². The third kappa shape index (κ3) is 3.74. The molecule has 1 aromatic rings. The molecule has 0 radical (unpaired) electrons. The Kier molecular flexibility index (Phi) is 4.19. The van der Waals surface area contributed by atoms with E-state index in [1.54, 1.807) is 14.2 Å². The van der Waals surface area contributed by atoms with Gasteiger partial charge in [-0.05, 0) is 38.5 Å². The number of hydrogen-bond donors (Lipinski definition) is 1. The van der Waals surface area contributed by atoms with Crippen molar-refractivity contribution >= 4 is 0 Å². The number of hydrogen-bond acceptors (Lipinski definition) is 3. The molecule has 3 heteroatoms. The van der Waals surface area contributed by atoms with Gasteiger partial charge >= 0.3 is 0 Å². The van der Waals surface area contributed by atoms with Gasteiger partial charge < -0.3 is 14.8 Å². The molecule has 0 amide bonds. The van der Waals surface area contributed by atoms with Gasteiger partial charge in [-0.25, -0.2) is 0 Å². The van der Waals surface area contributed by atoms with Crippen LogP contribution in [0.5, 0.6) is 11.5 Å². The average molecular weight is 223 g/mol. The van der Waals surface area contributed by atoms with Crippen LogP contribution < -0.4 is 14.8 Å². The quantitative estimate of drug-likeness (QED) is 0.851. The fraction of sp³-hybridized carbons (Fsp3) is 0.538. The Morgan fingerprint density at radius 3 is 2.19 bits per heavy atom. The van der Waals surface area contributed by atoms with Crippen LogP contribution in [0, 0.1) is 0 Å². The molecule has 0 bridgehead atoms. The summed E-state index contributed by atoms with van der Waals surface area (Å²) in [5, 5.41) is 3.43. The predicted molar refractivity (Wildman–Crippen MR) is 66.1 cm³/mol. The first-order valence-electron chi connectivity index (χ1n) is 5.42. The third-order valence-corrected chi connectivity index (χ3v) is 2.27. The van der Waals surface area contributed by atoms with Crippen LogP contribution in [-0.2, 0) is 6.54 Å². The lowest BCUT2D eigenvalue weighted by atomic mass is 10.1. The number of methoxy groups -OCH3 is 2. The number of rotatable bonds is 4. The van der Waals surface area contributed by atoms with Crippen molar-refractivity contribution in [1.29, 1.82) is 0 Å². The van der Waals surface area contributed by atoms with Gasteiger partial charge in [-0.1, -0.05) is 6.07 Å². The molecule has 0 aliphatic carbocycles. The van der Waals surface area contributed by atoms with Gasteiger partial charge in [-0.2, -0.15) is 0 Å². The summed E-state index contributed by atoms with van der Waals surface area (Å²) in [6.45, 7) is 7.26. The zero-order valence-electron chi connectivity index (χ0n) is 10.8. The van der Waals surface area contributed by atoms with Crippen molar-refractivity contribution in [1.82, 2.24) is 5.32 Å². The first-order chi connectivity index (χ1) is 7.46. The van der Waals surface area contributed by atoms with E-state index in [4.69, 9.17) is 9.47 Å². The molecular formula is C13H21NO2. The molecule has 16 heavy (non-hydrogen) atoms. The molecule has 0 saturated carbocycles. The van der Waals surface area contributed by atoms with Gasteiger partial charge in [0.05, 0.1) is 14.2 Å². The van der Waals surface area contributed by atoms with Crippen molar-refractivity contribution in [3.8, 4) is 11.5 Å². The monoisotopic (exact) mass is 223 g/mol. The Morgan fingerprint density at radius 1 is 1.06 bits per heavy atom. The highest BCUT2D eigenvalue weighted by Gasteiger charge is 2.09. The summed E-state index contributed by atoms with van der Waals surface area (Å²) >= 11 is 0. The Morgan fingerprint density at radius 2 is 1.69 bits per heavy atom. The van der Waals surface area contributed by atoms with E-state index in [1.165, 1.54) is 5.56 Å². The lowest BCUT2D eigenvalue weighted by Gasteiger charge is -2.21. The summed E-state index contributed by atoms with van der Waals surface area (Å²) < 4.78 is 10.4. The van der Waals surface area contributed by atoms with Crippen LogP contribution >= 0.6 is 0 Å². The van der Waals surface area contributed by atoms with Gasteiger partial charge in [0.25, 0.3) is 0 Å². The van der Waals surface area contributed by atoms with E-state index >= 15 is 0 Å². The molecule has 3 nitrogen and oxygen atoms in total. The fourth-order valence-corrected chi connectivity index (χ4v) is 1.36. The highest BCUT2D eigenvalue weighted by molar-refractivity contribution is 5.42. The molecule has 1 aromatic carbocycles. The molecule has 0 fully saturated rings. The largest absolute Gasteiger partial charge is 0.493 e. The molecule has 0 heterocycles. The van der Waals surface area contributed by atoms with E-state index in [1.807, 2.05) is 18.2 Å². The van der Waals surface area contributed by atoms with Crippen LogP contribution in [0.1, 0.15) is 26.3 Å². The van der Waals surface area contributed by atoms with Gasteiger partial charge in [-0.15, -0.1) is 0 Å². The standard InChI is InChI=1S/C13H21NO2/c1-13(2,3)14-9-10-6-7-11(15-4)12(8-10)16-5/h6-8,14H,9H2,1-5H3. The van der Waals surface area contributed by atoms with E-state index in [0.29, 0.717) is 0 Å². The molecule has 1 rings (SSSR count). The van der Waals surface area contributed by atoms with Crippen LogP contribution in [0.4, 0.5) is 0 Å². The van der Waals surface area contributed by atoms with Gasteiger partial charge in [-0.3, -0.25) is 0 Å². The lowest BCUT2D eigenvalue weighted by molar-refractivity contribution is 0.354. The van der Waals surface area contributed by atoms with Crippen LogP contribution in [-0.4, -0.2) is 19.8 Å².